The number of hydrogen-bond donors (Lipinski definition) is 3. The standard InChI is InChI=1S/C54H59F2N9O11/c1-5-35-38(55)10-8-32-26-33(66)27-36(44(32)35)46-45(56)47-37(29-57-46)48(63-18-6-15-53(2,71)30-63)60-50(59-47)75-31-54-16-7-19-64(54)43(14-17-54)76-52(70)61(3)20-21-72-22-23-73-24-25-74-34-9-11-39-41(28-34)62(4)51(69)65(39)40-12-13-42(67)58-49(40)68/h1,8-11,26-29,40,43,66,71H,6-7,12-25,30-31H2,2-4H3,(H,58,67,68)/t40?,43-,53+,54-/m0/s1. The summed E-state index contributed by atoms with van der Waals surface area (Å²) in [7, 11) is 3.25. The number of nitrogens with one attached hydrogen (secondary N) is 1. The van der Waals surface area contributed by atoms with Gasteiger partial charge in [0.05, 0.1) is 59.6 Å². The van der Waals surface area contributed by atoms with E-state index in [0.717, 1.165) is 12.8 Å². The highest BCUT2D eigenvalue weighted by molar-refractivity contribution is 6.03. The lowest BCUT2D eigenvalue weighted by molar-refractivity contribution is -0.135. The smallest absolute Gasteiger partial charge is 0.411 e. The summed E-state index contributed by atoms with van der Waals surface area (Å²) in [6.45, 7) is 4.81. The van der Waals surface area contributed by atoms with Gasteiger partial charge < -0.3 is 43.7 Å². The summed E-state index contributed by atoms with van der Waals surface area (Å²) in [6, 6.07) is 9.61. The van der Waals surface area contributed by atoms with Crippen molar-refractivity contribution in [2.24, 2.45) is 7.05 Å². The number of carbonyl (C=O) groups excluding carboxylic acids is 3. The van der Waals surface area contributed by atoms with E-state index >= 15 is 8.78 Å². The van der Waals surface area contributed by atoms with Crippen LogP contribution in [0.1, 0.15) is 69.9 Å². The fourth-order valence-corrected chi connectivity index (χ4v) is 11.1. The second-order valence-electron chi connectivity index (χ2n) is 20.2. The number of benzene rings is 3. The number of hydrogen-bond acceptors (Lipinski definition) is 16. The van der Waals surface area contributed by atoms with Gasteiger partial charge in [0.15, 0.2) is 12.0 Å². The van der Waals surface area contributed by atoms with Crippen molar-refractivity contribution < 1.29 is 57.1 Å². The minimum absolute atomic E-state index is 0.0770. The van der Waals surface area contributed by atoms with Gasteiger partial charge >= 0.3 is 17.8 Å². The van der Waals surface area contributed by atoms with E-state index in [1.807, 2.05) is 4.90 Å². The number of carbonyl (C=O) groups is 3. The third kappa shape index (κ3) is 10.2. The number of piperidine rings is 2. The van der Waals surface area contributed by atoms with Gasteiger partial charge in [0.25, 0.3) is 0 Å². The Bertz CT molecular complexity index is 3360. The average Bonchev–Trinajstić information content (AvgIpc) is 4.10. The van der Waals surface area contributed by atoms with Crippen LogP contribution in [-0.4, -0.2) is 152 Å². The van der Waals surface area contributed by atoms with Crippen molar-refractivity contribution in [2.75, 3.05) is 77.8 Å². The molecular weight excluding hydrogens is 989 g/mol. The summed E-state index contributed by atoms with van der Waals surface area (Å²) in [5.74, 6) is 0.602. The van der Waals surface area contributed by atoms with E-state index in [9.17, 15) is 29.4 Å². The fraction of sp³-hybridized carbons (Fsp3) is 0.463. The first-order valence-corrected chi connectivity index (χ1v) is 25.4. The highest BCUT2D eigenvalue weighted by atomic mass is 19.1. The molecule has 6 aromatic rings. The minimum atomic E-state index is -1.04. The van der Waals surface area contributed by atoms with Gasteiger partial charge in [0.1, 0.15) is 53.6 Å². The quantitative estimate of drug-likeness (QED) is 0.0598. The molecule has 4 aliphatic rings. The number of imidazole rings is 1. The van der Waals surface area contributed by atoms with E-state index in [2.05, 4.69) is 26.1 Å². The van der Waals surface area contributed by atoms with E-state index in [4.69, 9.17) is 35.1 Å². The number of ether oxygens (including phenoxy) is 5. The summed E-state index contributed by atoms with van der Waals surface area (Å²) in [6.07, 6.45) is 10.5. The molecule has 1 unspecified atom stereocenters. The van der Waals surface area contributed by atoms with Gasteiger partial charge in [-0.25, -0.2) is 18.4 Å². The van der Waals surface area contributed by atoms with Crippen molar-refractivity contribution >= 4 is 56.4 Å². The molecule has 20 nitrogen and oxygen atoms in total. The molecule has 3 N–H and O–H groups in total. The Hall–Kier alpha value is -7.45. The zero-order valence-corrected chi connectivity index (χ0v) is 42.5. The number of amides is 3. The normalized spacial score (nSPS) is 21.8. The number of β-amino-alcohol motifs (C(OH)–C–C–N with tert-alkyl or cyclic N) is 1. The molecule has 0 radical (unpaired) electrons. The van der Waals surface area contributed by atoms with Crippen LogP contribution in [0.5, 0.6) is 17.5 Å². The van der Waals surface area contributed by atoms with Crippen LogP contribution in [0.15, 0.2) is 53.5 Å². The van der Waals surface area contributed by atoms with Gasteiger partial charge in [-0.2, -0.15) is 9.97 Å². The average molecular weight is 1050 g/mol. The third-order valence-corrected chi connectivity index (χ3v) is 15.0. The number of likely N-dealkylation sites (N-methyl/N-ethyl adjacent to an activating group) is 1. The molecule has 76 heavy (non-hydrogen) atoms. The lowest BCUT2D eigenvalue weighted by Crippen LogP contribution is -2.48. The Morgan fingerprint density at radius 1 is 0.961 bits per heavy atom. The van der Waals surface area contributed by atoms with Crippen LogP contribution in [0.3, 0.4) is 0 Å². The minimum Gasteiger partial charge on any atom is -0.508 e. The van der Waals surface area contributed by atoms with Gasteiger partial charge in [-0.1, -0.05) is 12.0 Å². The first-order valence-electron chi connectivity index (χ1n) is 25.4. The zero-order valence-electron chi connectivity index (χ0n) is 42.5. The Kier molecular flexibility index (Phi) is 14.6. The number of aliphatic hydroxyl groups is 1. The molecule has 22 heteroatoms. The van der Waals surface area contributed by atoms with Crippen LogP contribution >= 0.6 is 0 Å². The van der Waals surface area contributed by atoms with Crippen molar-refractivity contribution in [1.29, 1.82) is 0 Å². The van der Waals surface area contributed by atoms with Crippen molar-refractivity contribution in [1.82, 2.24) is 39.2 Å². The third-order valence-electron chi connectivity index (χ3n) is 15.0. The van der Waals surface area contributed by atoms with E-state index in [1.54, 1.807) is 39.2 Å². The largest absolute Gasteiger partial charge is 0.508 e. The number of phenols is 1. The number of aromatic hydroxyl groups is 1. The monoisotopic (exact) mass is 1050 g/mol. The van der Waals surface area contributed by atoms with Gasteiger partial charge in [0, 0.05) is 76.3 Å². The fourth-order valence-electron chi connectivity index (χ4n) is 11.1. The van der Waals surface area contributed by atoms with E-state index in [0.29, 0.717) is 66.8 Å². The van der Waals surface area contributed by atoms with Crippen LogP contribution in [0.2, 0.25) is 0 Å². The maximum atomic E-state index is 17.1. The van der Waals surface area contributed by atoms with Crippen LogP contribution in [0.25, 0.3) is 44.0 Å². The van der Waals surface area contributed by atoms with Crippen molar-refractivity contribution in [2.45, 2.75) is 81.7 Å². The highest BCUT2D eigenvalue weighted by Crippen LogP contribution is 2.44. The molecule has 0 bridgehead atoms. The Morgan fingerprint density at radius 3 is 2.54 bits per heavy atom. The first kappa shape index (κ1) is 52.0. The van der Waals surface area contributed by atoms with Crippen LogP contribution in [-0.2, 0) is 30.8 Å². The molecule has 0 spiro atoms. The summed E-state index contributed by atoms with van der Waals surface area (Å²) in [5, 5.41) is 25.0. The summed E-state index contributed by atoms with van der Waals surface area (Å²) in [4.78, 5) is 69.9. The molecule has 4 fully saturated rings. The number of anilines is 1. The molecule has 400 valence electrons. The van der Waals surface area contributed by atoms with Gasteiger partial charge in [-0.15, -0.1) is 6.42 Å². The maximum Gasteiger partial charge on any atom is 0.411 e. The number of rotatable bonds is 17. The summed E-state index contributed by atoms with van der Waals surface area (Å²) in [5.41, 5.74) is -1.16. The number of aryl methyl sites for hydroxylation is 1. The van der Waals surface area contributed by atoms with Crippen molar-refractivity contribution in [3.05, 3.63) is 76.3 Å². The maximum absolute atomic E-state index is 17.1. The molecule has 4 saturated heterocycles. The number of nitrogens with zero attached hydrogens (tertiary/aromatic N) is 8. The lowest BCUT2D eigenvalue weighted by atomic mass is 9.94. The second-order valence-corrected chi connectivity index (χ2v) is 20.2. The predicted molar refractivity (Wildman–Crippen MR) is 274 cm³/mol. The molecule has 10 rings (SSSR count). The zero-order chi connectivity index (χ0) is 53.5. The van der Waals surface area contributed by atoms with E-state index < -0.39 is 47.0 Å². The van der Waals surface area contributed by atoms with E-state index in [-0.39, 0.29) is 122 Å². The summed E-state index contributed by atoms with van der Waals surface area (Å²) >= 11 is 0. The number of halogens is 2. The van der Waals surface area contributed by atoms with Gasteiger partial charge in [-0.3, -0.25) is 33.9 Å². The van der Waals surface area contributed by atoms with Crippen molar-refractivity contribution in [3.63, 3.8) is 0 Å². The molecule has 7 heterocycles. The van der Waals surface area contributed by atoms with E-state index in [1.165, 1.54) is 44.5 Å². The first-order chi connectivity index (χ1) is 36.5. The van der Waals surface area contributed by atoms with Gasteiger partial charge in [0.2, 0.25) is 11.8 Å². The molecule has 0 aliphatic carbocycles. The highest BCUT2D eigenvalue weighted by Gasteiger charge is 2.52. The molecule has 4 atom stereocenters. The Morgan fingerprint density at radius 2 is 1.75 bits per heavy atom. The Balaban J connectivity index is 0.727. The molecular formula is C54H59F2N9O11. The molecule has 0 saturated carbocycles. The SMILES string of the molecule is C#Cc1c(F)ccc2cc(O)cc(-c3ncc4c(N5CCC[C@@](C)(O)C5)nc(OC[C@@]56CCCN5[C@@H](OC(=O)N(C)CCOCCOCCOc5ccc7c(c5)n(C)c(=O)n7C5CCC(=O)NC5=O)CC6)nc4c3F)c12. The molecule has 3 amide bonds. The number of pyridine rings is 1. The second kappa shape index (κ2) is 21.3. The van der Waals surface area contributed by atoms with Crippen molar-refractivity contribution in [3.8, 4) is 41.1 Å². The number of terminal acetylenes is 1. The molecule has 3 aromatic heterocycles. The topological polar surface area (TPSA) is 225 Å². The Labute approximate surface area is 435 Å². The van der Waals surface area contributed by atoms with Crippen LogP contribution in [0.4, 0.5) is 19.4 Å². The van der Waals surface area contributed by atoms with Crippen LogP contribution in [0, 0.1) is 24.0 Å². The number of aromatic nitrogens is 5. The molecule has 4 aliphatic heterocycles. The summed E-state index contributed by atoms with van der Waals surface area (Å²) < 4.78 is 64.8. The van der Waals surface area contributed by atoms with Gasteiger partial charge in [-0.05, 0) is 81.2 Å². The number of fused-ring (bicyclic) bond motifs is 4. The number of phenolic OH excluding ortho intramolecular Hbond substituents is 1. The molecule has 3 aromatic carbocycles. The predicted octanol–water partition coefficient (Wildman–Crippen LogP) is 5.31. The lowest BCUT2D eigenvalue weighted by Gasteiger charge is -2.38. The number of imide groups is 1. The van der Waals surface area contributed by atoms with Crippen LogP contribution < -0.4 is 25.4 Å².